The van der Waals surface area contributed by atoms with Crippen LogP contribution in [0, 0.1) is 0 Å². The number of anilines is 1. The highest BCUT2D eigenvalue weighted by atomic mass is 32.2. The quantitative estimate of drug-likeness (QED) is 0.873. The number of hydrogen-bond donors (Lipinski definition) is 1. The van der Waals surface area contributed by atoms with Gasteiger partial charge in [-0.05, 0) is 18.4 Å². The summed E-state index contributed by atoms with van der Waals surface area (Å²) in [6.45, 7) is 1.52. The van der Waals surface area contributed by atoms with E-state index in [1.54, 1.807) is 12.1 Å². The molecule has 0 spiro atoms. The predicted molar refractivity (Wildman–Crippen MR) is 89.5 cm³/mol. The van der Waals surface area contributed by atoms with E-state index in [1.807, 2.05) is 30.3 Å². The highest BCUT2D eigenvalue weighted by Gasteiger charge is 2.41. The van der Waals surface area contributed by atoms with E-state index in [4.69, 9.17) is 5.11 Å². The van der Waals surface area contributed by atoms with Gasteiger partial charge in [-0.1, -0.05) is 36.4 Å². The van der Waals surface area contributed by atoms with Crippen molar-refractivity contribution in [2.45, 2.75) is 23.8 Å². The summed E-state index contributed by atoms with van der Waals surface area (Å²) in [6.07, 6.45) is 0.0321. The first-order valence-electron chi connectivity index (χ1n) is 7.22. The van der Waals surface area contributed by atoms with Crippen molar-refractivity contribution in [2.24, 2.45) is 0 Å². The molecular weight excluding hydrogens is 314 g/mol. The maximum atomic E-state index is 12.6. The van der Waals surface area contributed by atoms with Gasteiger partial charge in [0.25, 0.3) is 0 Å². The second-order valence-electron chi connectivity index (χ2n) is 5.37. The van der Waals surface area contributed by atoms with Crippen molar-refractivity contribution in [1.82, 2.24) is 0 Å². The molecule has 0 aliphatic carbocycles. The standard InChI is InChI=1S/C17H15NO4S/c1-10(17(21)22)23-14-9-15(19)18(16(14)20)13-8-4-6-11-5-2-3-7-12(11)13/h2-8,10,14H,9H2,1H3,(H,21,22). The van der Waals surface area contributed by atoms with Gasteiger partial charge in [-0.15, -0.1) is 11.8 Å². The molecule has 1 aliphatic heterocycles. The van der Waals surface area contributed by atoms with Gasteiger partial charge in [-0.2, -0.15) is 0 Å². The summed E-state index contributed by atoms with van der Waals surface area (Å²) in [4.78, 5) is 37.1. The summed E-state index contributed by atoms with van der Waals surface area (Å²) in [5, 5.41) is 9.38. The average molecular weight is 329 g/mol. The fourth-order valence-electron chi connectivity index (χ4n) is 2.67. The molecule has 6 heteroatoms. The summed E-state index contributed by atoms with van der Waals surface area (Å²) in [5.74, 6) is -1.62. The number of nitrogens with zero attached hydrogens (tertiary/aromatic N) is 1. The minimum atomic E-state index is -0.987. The smallest absolute Gasteiger partial charge is 0.316 e. The van der Waals surface area contributed by atoms with Crippen LogP contribution in [-0.4, -0.2) is 33.4 Å². The van der Waals surface area contributed by atoms with Crippen LogP contribution in [0.1, 0.15) is 13.3 Å². The van der Waals surface area contributed by atoms with Gasteiger partial charge in [0.15, 0.2) is 0 Å². The third-order valence-corrected chi connectivity index (χ3v) is 5.14. The van der Waals surface area contributed by atoms with E-state index in [0.717, 1.165) is 22.5 Å². The highest BCUT2D eigenvalue weighted by Crippen LogP contribution is 2.35. The average Bonchev–Trinajstić information content (AvgIpc) is 2.81. The lowest BCUT2D eigenvalue weighted by Crippen LogP contribution is -2.32. The molecule has 23 heavy (non-hydrogen) atoms. The second-order valence-corrected chi connectivity index (χ2v) is 6.92. The van der Waals surface area contributed by atoms with Crippen molar-refractivity contribution < 1.29 is 19.5 Å². The Balaban J connectivity index is 1.95. The molecule has 2 aromatic rings. The topological polar surface area (TPSA) is 74.7 Å². The van der Waals surface area contributed by atoms with Crippen LogP contribution in [0.15, 0.2) is 42.5 Å². The Hall–Kier alpha value is -2.34. The number of carbonyl (C=O) groups excluding carboxylic acids is 2. The van der Waals surface area contributed by atoms with E-state index in [1.165, 1.54) is 11.8 Å². The van der Waals surface area contributed by atoms with Crippen LogP contribution in [0.25, 0.3) is 10.8 Å². The first-order valence-corrected chi connectivity index (χ1v) is 8.16. The summed E-state index contributed by atoms with van der Waals surface area (Å²) in [5.41, 5.74) is 0.559. The molecule has 0 aromatic heterocycles. The predicted octanol–water partition coefficient (Wildman–Crippen LogP) is 2.68. The van der Waals surface area contributed by atoms with Crippen LogP contribution in [-0.2, 0) is 14.4 Å². The third-order valence-electron chi connectivity index (χ3n) is 3.83. The van der Waals surface area contributed by atoms with Crippen LogP contribution < -0.4 is 4.90 Å². The van der Waals surface area contributed by atoms with Gasteiger partial charge in [0, 0.05) is 11.8 Å². The maximum absolute atomic E-state index is 12.6. The van der Waals surface area contributed by atoms with Gasteiger partial charge >= 0.3 is 5.97 Å². The Labute approximate surface area is 137 Å². The van der Waals surface area contributed by atoms with Gasteiger partial charge in [0.05, 0.1) is 10.9 Å². The van der Waals surface area contributed by atoms with Gasteiger partial charge in [0.1, 0.15) is 5.25 Å². The fraction of sp³-hybridized carbons (Fsp3) is 0.235. The lowest BCUT2D eigenvalue weighted by atomic mass is 10.1. The van der Waals surface area contributed by atoms with Crippen LogP contribution in [0.5, 0.6) is 0 Å². The van der Waals surface area contributed by atoms with Crippen molar-refractivity contribution >= 4 is 46.0 Å². The molecule has 1 N–H and O–H groups in total. The molecule has 118 valence electrons. The summed E-state index contributed by atoms with van der Waals surface area (Å²) >= 11 is 1.02. The molecule has 0 saturated carbocycles. The summed E-state index contributed by atoms with van der Waals surface area (Å²) < 4.78 is 0. The highest BCUT2D eigenvalue weighted by molar-refractivity contribution is 8.01. The minimum Gasteiger partial charge on any atom is -0.480 e. The van der Waals surface area contributed by atoms with Crippen molar-refractivity contribution in [1.29, 1.82) is 0 Å². The lowest BCUT2D eigenvalue weighted by Gasteiger charge is -2.17. The van der Waals surface area contributed by atoms with Crippen LogP contribution in [0.3, 0.4) is 0 Å². The van der Waals surface area contributed by atoms with E-state index in [2.05, 4.69) is 0 Å². The monoisotopic (exact) mass is 329 g/mol. The second kappa shape index (κ2) is 6.04. The van der Waals surface area contributed by atoms with E-state index >= 15 is 0 Å². The molecule has 1 heterocycles. The number of aliphatic carboxylic acids is 1. The zero-order chi connectivity index (χ0) is 16.6. The van der Waals surface area contributed by atoms with Gasteiger partial charge in [-0.3, -0.25) is 14.4 Å². The number of carboxylic acids is 1. The molecule has 0 bridgehead atoms. The molecular formula is C17H15NO4S. The zero-order valence-corrected chi connectivity index (χ0v) is 13.2. The van der Waals surface area contributed by atoms with Crippen molar-refractivity contribution in [3.8, 4) is 0 Å². The number of fused-ring (bicyclic) bond motifs is 1. The number of carbonyl (C=O) groups is 3. The minimum absolute atomic E-state index is 0.0321. The van der Waals surface area contributed by atoms with E-state index in [0.29, 0.717) is 5.69 Å². The zero-order valence-electron chi connectivity index (χ0n) is 12.4. The molecule has 2 unspecified atom stereocenters. The number of thioether (sulfide) groups is 1. The molecule has 2 aromatic carbocycles. The summed E-state index contributed by atoms with van der Waals surface area (Å²) in [6, 6.07) is 13.0. The largest absolute Gasteiger partial charge is 0.480 e. The van der Waals surface area contributed by atoms with Crippen molar-refractivity contribution in [3.63, 3.8) is 0 Å². The molecule has 0 radical (unpaired) electrons. The number of amides is 2. The number of imide groups is 1. The Morgan fingerprint density at radius 1 is 1.22 bits per heavy atom. The Bertz CT molecular complexity index is 799. The van der Waals surface area contributed by atoms with Crippen molar-refractivity contribution in [2.75, 3.05) is 4.90 Å². The summed E-state index contributed by atoms with van der Waals surface area (Å²) in [7, 11) is 0. The molecule has 2 atom stereocenters. The number of carboxylic acid groups (broad SMARTS) is 1. The van der Waals surface area contributed by atoms with E-state index in [9.17, 15) is 14.4 Å². The lowest BCUT2D eigenvalue weighted by molar-refractivity contribution is -0.136. The molecule has 1 saturated heterocycles. The fourth-order valence-corrected chi connectivity index (χ4v) is 3.74. The van der Waals surface area contributed by atoms with Crippen LogP contribution in [0.2, 0.25) is 0 Å². The number of rotatable bonds is 4. The molecule has 5 nitrogen and oxygen atoms in total. The van der Waals surface area contributed by atoms with Gasteiger partial charge in [-0.25, -0.2) is 4.90 Å². The Morgan fingerprint density at radius 2 is 1.91 bits per heavy atom. The number of benzene rings is 2. The Morgan fingerprint density at radius 3 is 2.65 bits per heavy atom. The molecule has 2 amide bonds. The third kappa shape index (κ3) is 2.82. The normalized spacial score (nSPS) is 19.3. The first kappa shape index (κ1) is 15.6. The van der Waals surface area contributed by atoms with Crippen molar-refractivity contribution in [3.05, 3.63) is 42.5 Å². The van der Waals surface area contributed by atoms with Gasteiger partial charge < -0.3 is 5.11 Å². The molecule has 3 rings (SSSR count). The van der Waals surface area contributed by atoms with E-state index in [-0.39, 0.29) is 18.2 Å². The molecule has 1 fully saturated rings. The SMILES string of the molecule is CC(SC1CC(=O)N(c2cccc3ccccc23)C1=O)C(=O)O. The number of hydrogen-bond acceptors (Lipinski definition) is 4. The first-order chi connectivity index (χ1) is 11.0. The van der Waals surface area contributed by atoms with Crippen LogP contribution >= 0.6 is 11.8 Å². The Kier molecular flexibility index (Phi) is 4.09. The molecule has 1 aliphatic rings. The van der Waals surface area contributed by atoms with E-state index < -0.39 is 16.5 Å². The van der Waals surface area contributed by atoms with Gasteiger partial charge in [0.2, 0.25) is 11.8 Å². The maximum Gasteiger partial charge on any atom is 0.316 e. The van der Waals surface area contributed by atoms with Crippen LogP contribution in [0.4, 0.5) is 5.69 Å².